The van der Waals surface area contributed by atoms with Gasteiger partial charge in [-0.05, 0) is 96.8 Å². The third-order valence-electron chi connectivity index (χ3n) is 12.4. The molecule has 2 aliphatic carbocycles. The molecular formula is C40H62F6N8O5. The van der Waals surface area contributed by atoms with Crippen LogP contribution in [0.3, 0.4) is 0 Å². The van der Waals surface area contributed by atoms with Gasteiger partial charge in [0.2, 0.25) is 0 Å². The first kappa shape index (κ1) is 47.8. The van der Waals surface area contributed by atoms with Crippen molar-refractivity contribution < 1.29 is 50.2 Å². The van der Waals surface area contributed by atoms with Gasteiger partial charge in [-0.25, -0.2) is 19.6 Å². The van der Waals surface area contributed by atoms with Crippen molar-refractivity contribution in [2.24, 2.45) is 10.8 Å². The molecule has 334 valence electrons. The number of aromatic nitrogens is 4. The van der Waals surface area contributed by atoms with E-state index in [1.54, 1.807) is 11.8 Å². The minimum atomic E-state index is -4.37. The molecule has 2 spiro atoms. The van der Waals surface area contributed by atoms with Gasteiger partial charge in [-0.1, -0.05) is 14.9 Å². The number of carbonyl (C=O) groups is 3. The highest BCUT2D eigenvalue weighted by Crippen LogP contribution is 2.51. The van der Waals surface area contributed by atoms with Crippen LogP contribution in [0.4, 0.5) is 35.9 Å². The van der Waals surface area contributed by atoms with Crippen LogP contribution in [0.25, 0.3) is 0 Å². The van der Waals surface area contributed by atoms with Gasteiger partial charge in [-0.15, -0.1) is 0 Å². The van der Waals surface area contributed by atoms with Crippen LogP contribution in [0.1, 0.15) is 128 Å². The van der Waals surface area contributed by atoms with Crippen LogP contribution in [-0.4, -0.2) is 124 Å². The van der Waals surface area contributed by atoms with Gasteiger partial charge in [-0.2, -0.15) is 26.3 Å². The van der Waals surface area contributed by atoms with E-state index in [0.29, 0.717) is 56.1 Å². The Kier molecular flexibility index (Phi) is 15.9. The first-order chi connectivity index (χ1) is 27.0. The van der Waals surface area contributed by atoms with Gasteiger partial charge in [0.15, 0.2) is 0 Å². The molecule has 19 heteroatoms. The van der Waals surface area contributed by atoms with Crippen molar-refractivity contribution in [3.05, 3.63) is 35.4 Å². The highest BCUT2D eigenvalue weighted by molar-refractivity contribution is 5.86. The second kappa shape index (κ2) is 19.7. The van der Waals surface area contributed by atoms with Crippen LogP contribution in [0.5, 0.6) is 0 Å². The van der Waals surface area contributed by atoms with E-state index in [4.69, 9.17) is 9.47 Å². The lowest BCUT2D eigenvalue weighted by Crippen LogP contribution is -2.54. The Labute approximate surface area is 342 Å². The fourth-order valence-corrected chi connectivity index (χ4v) is 9.23. The first-order valence-corrected chi connectivity index (χ1v) is 20.1. The zero-order valence-corrected chi connectivity index (χ0v) is 32.6. The Balaban J connectivity index is 0.000000210. The number of imidazole rings is 2. The second-order valence-corrected chi connectivity index (χ2v) is 16.4. The van der Waals surface area contributed by atoms with E-state index in [2.05, 4.69) is 30.2 Å². The third kappa shape index (κ3) is 11.7. The summed E-state index contributed by atoms with van der Waals surface area (Å²) in [5, 5.41) is 3.16. The summed E-state index contributed by atoms with van der Waals surface area (Å²) in [4.78, 5) is 52.8. The Morgan fingerprint density at radius 1 is 0.729 bits per heavy atom. The smallest absolute Gasteiger partial charge is 0.432 e. The molecule has 4 aliphatic heterocycles. The molecule has 2 amide bonds. The van der Waals surface area contributed by atoms with Gasteiger partial charge in [0, 0.05) is 62.3 Å². The van der Waals surface area contributed by atoms with E-state index in [1.165, 1.54) is 0 Å². The van der Waals surface area contributed by atoms with Crippen molar-refractivity contribution in [2.75, 3.05) is 65.6 Å². The lowest BCUT2D eigenvalue weighted by Gasteiger charge is -2.51. The van der Waals surface area contributed by atoms with E-state index >= 15 is 0 Å². The van der Waals surface area contributed by atoms with Gasteiger partial charge in [0.25, 0.3) is 0 Å². The summed E-state index contributed by atoms with van der Waals surface area (Å²) in [7, 11) is 0. The molecule has 3 N–H and O–H groups in total. The van der Waals surface area contributed by atoms with Crippen molar-refractivity contribution >= 4 is 18.0 Å². The Bertz CT molecular complexity index is 1670. The first-order valence-electron chi connectivity index (χ1n) is 20.1. The van der Waals surface area contributed by atoms with E-state index in [0.717, 1.165) is 110 Å². The van der Waals surface area contributed by atoms with Gasteiger partial charge in [0.05, 0.1) is 25.6 Å². The molecule has 6 fully saturated rings. The monoisotopic (exact) mass is 848 g/mol. The summed E-state index contributed by atoms with van der Waals surface area (Å²) < 4.78 is 85.1. The number of nitrogens with one attached hydrogen (secondary N) is 3. The van der Waals surface area contributed by atoms with Crippen LogP contribution < -0.4 is 5.32 Å². The molecule has 6 heterocycles. The maximum atomic E-state index is 12.7. The molecular weight excluding hydrogens is 786 g/mol. The number of piperidine rings is 2. The van der Waals surface area contributed by atoms with Gasteiger partial charge in [0.1, 0.15) is 28.8 Å². The normalized spacial score (nSPS) is 24.5. The number of ketones is 1. The minimum Gasteiger partial charge on any atom is -0.450 e. The number of Topliss-reactive ketones (excluding diaryl/α,β-unsaturated/α-hetero) is 1. The second-order valence-electron chi connectivity index (χ2n) is 16.4. The number of H-pyrrole nitrogens is 2. The van der Waals surface area contributed by atoms with Crippen LogP contribution >= 0.6 is 0 Å². The molecule has 59 heavy (non-hydrogen) atoms. The molecule has 2 saturated carbocycles. The predicted octanol–water partition coefficient (Wildman–Crippen LogP) is 7.98. The van der Waals surface area contributed by atoms with Crippen molar-refractivity contribution in [1.82, 2.24) is 40.0 Å². The number of amides is 2. The number of nitrogens with zero attached hydrogens (tertiary/aromatic N) is 5. The van der Waals surface area contributed by atoms with E-state index < -0.39 is 23.7 Å². The van der Waals surface area contributed by atoms with Crippen LogP contribution in [0.15, 0.2) is 12.4 Å². The molecule has 0 atom stereocenters. The number of likely N-dealkylation sites (tertiary alicyclic amines) is 3. The average Bonchev–Trinajstić information content (AvgIpc) is 3.98. The summed E-state index contributed by atoms with van der Waals surface area (Å²) in [5.74, 6) is 1.44. The molecule has 2 aromatic rings. The van der Waals surface area contributed by atoms with E-state index in [1.807, 2.05) is 11.8 Å². The minimum absolute atomic E-state index is 0. The standard InChI is InChI=1S/C19H27F3N4O2.C10H15NO3.C9H12F3N3.2CH4/c1-2-28-17(27)26-8-5-18(12-26)9-14(10-18)25-6-3-13(4-7-25)16-23-11-15(24-16)19(20,21)22;1-2-14-9(13)11-4-3-10(7-11)5-8(12)6-10;10-9(11,12)7-5-14-8(15-7)6-1-3-13-4-2-6;;/h11,13-14H,2-10,12H2,1H3,(H,23,24);2-7H2,1H3;5-6,13H,1-4H2,(H,14,15);2*1H4. The molecule has 0 aromatic carbocycles. The number of carbonyl (C=O) groups excluding carboxylic acids is 3. The fraction of sp³-hybridized carbons (Fsp3) is 0.775. The molecule has 13 nitrogen and oxygen atoms in total. The fourth-order valence-electron chi connectivity index (χ4n) is 9.23. The zero-order valence-electron chi connectivity index (χ0n) is 32.6. The highest BCUT2D eigenvalue weighted by Gasteiger charge is 2.52. The number of aromatic amines is 2. The number of alkyl halides is 6. The van der Waals surface area contributed by atoms with Crippen LogP contribution in [-0.2, 0) is 26.6 Å². The number of rotatable bonds is 5. The summed E-state index contributed by atoms with van der Waals surface area (Å²) in [6.45, 7) is 10.9. The molecule has 0 radical (unpaired) electrons. The maximum absolute atomic E-state index is 12.7. The van der Waals surface area contributed by atoms with Crippen molar-refractivity contribution in [2.45, 2.75) is 123 Å². The number of hydrogen-bond donors (Lipinski definition) is 3. The topological polar surface area (TPSA) is 149 Å². The van der Waals surface area contributed by atoms with Crippen molar-refractivity contribution in [3.8, 4) is 0 Å². The average molecular weight is 849 g/mol. The zero-order chi connectivity index (χ0) is 41.0. The Morgan fingerprint density at radius 3 is 1.59 bits per heavy atom. The summed E-state index contributed by atoms with van der Waals surface area (Å²) in [6.07, 6.45) is 1.44. The van der Waals surface area contributed by atoms with Crippen LogP contribution in [0, 0.1) is 10.8 Å². The van der Waals surface area contributed by atoms with Crippen molar-refractivity contribution in [3.63, 3.8) is 0 Å². The molecule has 0 bridgehead atoms. The Hall–Kier alpha value is -3.87. The maximum Gasteiger partial charge on any atom is 0.432 e. The number of ether oxygens (including phenoxy) is 2. The van der Waals surface area contributed by atoms with Gasteiger partial charge >= 0.3 is 24.5 Å². The molecule has 6 aliphatic rings. The summed E-state index contributed by atoms with van der Waals surface area (Å²) in [5.41, 5.74) is -1.17. The SMILES string of the molecule is C.C.CCOC(=O)N1CCC2(CC(=O)C2)C1.CCOC(=O)N1CCC2(CC(N3CCC(c4ncc(C(F)(F)F)[nH]4)CC3)C2)C1.FC(F)(F)c1cnc(C2CCNCC2)[nH]1. The molecule has 4 saturated heterocycles. The predicted molar refractivity (Wildman–Crippen MR) is 208 cm³/mol. The largest absolute Gasteiger partial charge is 0.450 e. The van der Waals surface area contributed by atoms with Crippen molar-refractivity contribution in [1.29, 1.82) is 0 Å². The quantitative estimate of drug-likeness (QED) is 0.255. The molecule has 2 aromatic heterocycles. The van der Waals surface area contributed by atoms with Gasteiger partial charge < -0.3 is 39.5 Å². The number of halogens is 6. The van der Waals surface area contributed by atoms with E-state index in [9.17, 15) is 40.7 Å². The number of hydrogen-bond acceptors (Lipinski definition) is 9. The highest BCUT2D eigenvalue weighted by atomic mass is 19.4. The lowest BCUT2D eigenvalue weighted by atomic mass is 9.64. The van der Waals surface area contributed by atoms with Crippen LogP contribution in [0.2, 0.25) is 0 Å². The molecule has 0 unspecified atom stereocenters. The van der Waals surface area contributed by atoms with Gasteiger partial charge in [-0.3, -0.25) is 4.79 Å². The van der Waals surface area contributed by atoms with E-state index in [-0.39, 0.29) is 49.7 Å². The summed E-state index contributed by atoms with van der Waals surface area (Å²) in [6, 6.07) is 0.519. The molecule has 8 rings (SSSR count). The third-order valence-corrected chi connectivity index (χ3v) is 12.4. The summed E-state index contributed by atoms with van der Waals surface area (Å²) >= 11 is 0. The lowest BCUT2D eigenvalue weighted by molar-refractivity contribution is -0.141. The Morgan fingerprint density at radius 2 is 1.17 bits per heavy atom.